The molecule has 0 aliphatic carbocycles. The highest BCUT2D eigenvalue weighted by molar-refractivity contribution is 5.15. The van der Waals surface area contributed by atoms with Crippen molar-refractivity contribution in [1.82, 2.24) is 5.32 Å². The molecule has 0 fully saturated rings. The van der Waals surface area contributed by atoms with Gasteiger partial charge in [-0.15, -0.1) is 0 Å². The summed E-state index contributed by atoms with van der Waals surface area (Å²) in [6.07, 6.45) is 3.10. The summed E-state index contributed by atoms with van der Waals surface area (Å²) in [6.45, 7) is 4.51. The van der Waals surface area contributed by atoms with E-state index >= 15 is 0 Å². The van der Waals surface area contributed by atoms with Crippen LogP contribution in [0.2, 0.25) is 0 Å². The minimum absolute atomic E-state index is 0.224. The second-order valence-corrected chi connectivity index (χ2v) is 4.25. The Morgan fingerprint density at radius 1 is 1.06 bits per heavy atom. The van der Waals surface area contributed by atoms with Gasteiger partial charge in [-0.1, -0.05) is 44.2 Å². The summed E-state index contributed by atoms with van der Waals surface area (Å²) >= 11 is 0. The molecule has 2 atom stereocenters. The number of hydrogen-bond donors (Lipinski definition) is 2. The van der Waals surface area contributed by atoms with E-state index in [1.54, 1.807) is 0 Å². The largest absolute Gasteiger partial charge is 0.395 e. The predicted molar refractivity (Wildman–Crippen MR) is 68.5 cm³/mol. The molecule has 1 rings (SSSR count). The van der Waals surface area contributed by atoms with Crippen molar-refractivity contribution < 1.29 is 5.11 Å². The average Bonchev–Trinajstić information content (AvgIpc) is 2.35. The van der Waals surface area contributed by atoms with Crippen LogP contribution in [0.4, 0.5) is 0 Å². The summed E-state index contributed by atoms with van der Waals surface area (Å²) in [5.41, 5.74) is 1.36. The zero-order valence-electron chi connectivity index (χ0n) is 10.3. The van der Waals surface area contributed by atoms with E-state index in [2.05, 4.69) is 43.4 Å². The molecule has 0 spiro atoms. The first-order chi connectivity index (χ1) is 7.80. The maximum atomic E-state index is 9.17. The highest BCUT2D eigenvalue weighted by atomic mass is 16.3. The van der Waals surface area contributed by atoms with Crippen molar-refractivity contribution in [2.24, 2.45) is 0 Å². The monoisotopic (exact) mass is 221 g/mol. The lowest BCUT2D eigenvalue weighted by Gasteiger charge is -2.22. The summed E-state index contributed by atoms with van der Waals surface area (Å²) < 4.78 is 0. The SMILES string of the molecule is CCC(Cc1ccccc1)N[C@@H](CC)CO. The summed E-state index contributed by atoms with van der Waals surface area (Å²) in [4.78, 5) is 0. The van der Waals surface area contributed by atoms with Gasteiger partial charge in [-0.25, -0.2) is 0 Å². The number of nitrogens with one attached hydrogen (secondary N) is 1. The maximum Gasteiger partial charge on any atom is 0.0584 e. The van der Waals surface area contributed by atoms with E-state index in [0.717, 1.165) is 19.3 Å². The molecule has 0 saturated carbocycles. The number of benzene rings is 1. The molecule has 0 heterocycles. The Bertz CT molecular complexity index is 269. The van der Waals surface area contributed by atoms with Crippen LogP contribution in [0.5, 0.6) is 0 Å². The molecule has 0 bridgehead atoms. The molecule has 16 heavy (non-hydrogen) atoms. The van der Waals surface area contributed by atoms with E-state index in [-0.39, 0.29) is 12.6 Å². The molecule has 1 unspecified atom stereocenters. The predicted octanol–water partition coefficient (Wildman–Crippen LogP) is 2.37. The van der Waals surface area contributed by atoms with Crippen molar-refractivity contribution in [2.75, 3.05) is 6.61 Å². The van der Waals surface area contributed by atoms with Crippen molar-refractivity contribution in [2.45, 2.75) is 45.2 Å². The minimum Gasteiger partial charge on any atom is -0.395 e. The standard InChI is InChI=1S/C14H23NO/c1-3-13(15-14(4-2)11-16)10-12-8-6-5-7-9-12/h5-9,13-16H,3-4,10-11H2,1-2H3/t13?,14-/m0/s1. The topological polar surface area (TPSA) is 32.3 Å². The van der Waals surface area contributed by atoms with Gasteiger partial charge in [0.15, 0.2) is 0 Å². The van der Waals surface area contributed by atoms with Gasteiger partial charge in [-0.05, 0) is 24.8 Å². The van der Waals surface area contributed by atoms with Gasteiger partial charge in [-0.2, -0.15) is 0 Å². The van der Waals surface area contributed by atoms with Gasteiger partial charge in [0.25, 0.3) is 0 Å². The lowest BCUT2D eigenvalue weighted by Crippen LogP contribution is -2.41. The molecule has 0 radical (unpaired) electrons. The molecule has 2 heteroatoms. The molecule has 0 aliphatic heterocycles. The molecule has 0 amide bonds. The van der Waals surface area contributed by atoms with Gasteiger partial charge < -0.3 is 10.4 Å². The summed E-state index contributed by atoms with van der Waals surface area (Å²) in [5.74, 6) is 0. The highest BCUT2D eigenvalue weighted by Crippen LogP contribution is 2.07. The Morgan fingerprint density at radius 2 is 1.69 bits per heavy atom. The molecule has 90 valence electrons. The van der Waals surface area contributed by atoms with Crippen LogP contribution in [0, 0.1) is 0 Å². The number of aliphatic hydroxyl groups is 1. The smallest absolute Gasteiger partial charge is 0.0584 e. The van der Waals surface area contributed by atoms with E-state index in [1.165, 1.54) is 5.56 Å². The van der Waals surface area contributed by atoms with E-state index in [0.29, 0.717) is 6.04 Å². The van der Waals surface area contributed by atoms with Crippen molar-refractivity contribution in [3.05, 3.63) is 35.9 Å². The number of rotatable bonds is 7. The lowest BCUT2D eigenvalue weighted by atomic mass is 10.0. The fourth-order valence-electron chi connectivity index (χ4n) is 1.85. The number of hydrogen-bond acceptors (Lipinski definition) is 2. The van der Waals surface area contributed by atoms with E-state index in [1.807, 2.05) is 6.07 Å². The van der Waals surface area contributed by atoms with Crippen LogP contribution < -0.4 is 5.32 Å². The summed E-state index contributed by atoms with van der Waals surface area (Å²) in [7, 11) is 0. The zero-order valence-corrected chi connectivity index (χ0v) is 10.3. The number of aliphatic hydroxyl groups excluding tert-OH is 1. The molecule has 0 aromatic heterocycles. The van der Waals surface area contributed by atoms with Gasteiger partial charge >= 0.3 is 0 Å². The third-order valence-electron chi connectivity index (χ3n) is 3.00. The molecule has 0 saturated heterocycles. The third-order valence-corrected chi connectivity index (χ3v) is 3.00. The first-order valence-corrected chi connectivity index (χ1v) is 6.21. The first-order valence-electron chi connectivity index (χ1n) is 6.21. The van der Waals surface area contributed by atoms with E-state index in [9.17, 15) is 5.11 Å². The van der Waals surface area contributed by atoms with Gasteiger partial charge in [-0.3, -0.25) is 0 Å². The molecule has 1 aromatic carbocycles. The van der Waals surface area contributed by atoms with Crippen molar-refractivity contribution >= 4 is 0 Å². The average molecular weight is 221 g/mol. The highest BCUT2D eigenvalue weighted by Gasteiger charge is 2.11. The van der Waals surface area contributed by atoms with E-state index < -0.39 is 0 Å². The Morgan fingerprint density at radius 3 is 2.19 bits per heavy atom. The van der Waals surface area contributed by atoms with Crippen LogP contribution in [0.3, 0.4) is 0 Å². The minimum atomic E-state index is 0.224. The maximum absolute atomic E-state index is 9.17. The van der Waals surface area contributed by atoms with Gasteiger partial charge in [0, 0.05) is 12.1 Å². The second kappa shape index (κ2) is 7.42. The summed E-state index contributed by atoms with van der Waals surface area (Å²) in [6, 6.07) is 11.2. The fourth-order valence-corrected chi connectivity index (χ4v) is 1.85. The zero-order chi connectivity index (χ0) is 11.8. The van der Waals surface area contributed by atoms with Crippen LogP contribution >= 0.6 is 0 Å². The first kappa shape index (κ1) is 13.2. The van der Waals surface area contributed by atoms with Gasteiger partial charge in [0.1, 0.15) is 0 Å². The molecular weight excluding hydrogens is 198 g/mol. The van der Waals surface area contributed by atoms with E-state index in [4.69, 9.17) is 0 Å². The Hall–Kier alpha value is -0.860. The molecule has 1 aromatic rings. The Kier molecular flexibility index (Phi) is 6.12. The van der Waals surface area contributed by atoms with Crippen molar-refractivity contribution in [3.63, 3.8) is 0 Å². The van der Waals surface area contributed by atoms with Crippen LogP contribution in [0.1, 0.15) is 32.3 Å². The molecule has 0 aliphatic rings. The van der Waals surface area contributed by atoms with Crippen LogP contribution in [-0.4, -0.2) is 23.8 Å². The quantitative estimate of drug-likeness (QED) is 0.741. The second-order valence-electron chi connectivity index (χ2n) is 4.25. The van der Waals surface area contributed by atoms with Crippen LogP contribution in [0.15, 0.2) is 30.3 Å². The summed E-state index contributed by atoms with van der Waals surface area (Å²) in [5, 5.41) is 12.7. The Balaban J connectivity index is 2.49. The van der Waals surface area contributed by atoms with Crippen LogP contribution in [-0.2, 0) is 6.42 Å². The lowest BCUT2D eigenvalue weighted by molar-refractivity contribution is 0.225. The molecule has 2 nitrogen and oxygen atoms in total. The van der Waals surface area contributed by atoms with Gasteiger partial charge in [0.05, 0.1) is 6.61 Å². The molecular formula is C14H23NO. The van der Waals surface area contributed by atoms with Crippen LogP contribution in [0.25, 0.3) is 0 Å². The molecule has 2 N–H and O–H groups in total. The van der Waals surface area contributed by atoms with Gasteiger partial charge in [0.2, 0.25) is 0 Å². The van der Waals surface area contributed by atoms with Crippen molar-refractivity contribution in [1.29, 1.82) is 0 Å². The third kappa shape index (κ3) is 4.33. The van der Waals surface area contributed by atoms with Crippen molar-refractivity contribution in [3.8, 4) is 0 Å². The Labute approximate surface area is 98.7 Å². The fraction of sp³-hybridized carbons (Fsp3) is 0.571. The normalized spacial score (nSPS) is 14.7.